The summed E-state index contributed by atoms with van der Waals surface area (Å²) < 4.78 is 0. The molecule has 1 fully saturated rings. The van der Waals surface area contributed by atoms with Crippen molar-refractivity contribution in [1.82, 2.24) is 20.4 Å². The molecule has 0 saturated carbocycles. The molecule has 0 radical (unpaired) electrons. The zero-order valence-corrected chi connectivity index (χ0v) is 22.3. The Labute approximate surface area is 206 Å². The van der Waals surface area contributed by atoms with Crippen molar-refractivity contribution in [2.75, 3.05) is 53.9 Å². The molecule has 0 bridgehead atoms. The van der Waals surface area contributed by atoms with Gasteiger partial charge in [0.25, 0.3) is 5.91 Å². The van der Waals surface area contributed by atoms with Crippen LogP contribution in [0.3, 0.4) is 0 Å². The highest BCUT2D eigenvalue weighted by Crippen LogP contribution is 2.20. The fourth-order valence-electron chi connectivity index (χ4n) is 4.31. The molecule has 0 aliphatic carbocycles. The number of likely N-dealkylation sites (tertiary alicyclic amines) is 1. The molecule has 1 aromatic rings. The largest absolute Gasteiger partial charge is 0.356 e. The molecule has 0 aromatic heterocycles. The van der Waals surface area contributed by atoms with Crippen LogP contribution in [-0.4, -0.2) is 75.5 Å². The third-order valence-corrected chi connectivity index (χ3v) is 5.65. The lowest BCUT2D eigenvalue weighted by Gasteiger charge is -2.34. The first kappa shape index (κ1) is 27.7. The number of unbranched alkanes of at least 4 members (excludes halogenated alkanes) is 1. The smallest absolute Gasteiger partial charge is 0.253 e. The number of nitrogens with one attached hydrogen (secondary N) is 2. The molecule has 2 atom stereocenters. The van der Waals surface area contributed by atoms with Crippen LogP contribution in [0.5, 0.6) is 0 Å². The number of rotatable bonds is 9. The molecule has 0 spiro atoms. The number of guanidine groups is 1. The topological polar surface area (TPSA) is 60.0 Å². The number of amides is 1. The molecule has 6 nitrogen and oxygen atoms in total. The zero-order chi connectivity index (χ0) is 21.9. The molecule has 1 aromatic carbocycles. The van der Waals surface area contributed by atoms with Gasteiger partial charge in [-0.3, -0.25) is 9.79 Å². The minimum absolute atomic E-state index is 0. The highest BCUT2D eigenvalue weighted by atomic mass is 127. The predicted molar refractivity (Wildman–Crippen MR) is 142 cm³/mol. The summed E-state index contributed by atoms with van der Waals surface area (Å²) in [5.41, 5.74) is 1.88. The van der Waals surface area contributed by atoms with Crippen LogP contribution >= 0.6 is 24.0 Å². The van der Waals surface area contributed by atoms with Gasteiger partial charge < -0.3 is 20.4 Å². The maximum absolute atomic E-state index is 12.1. The van der Waals surface area contributed by atoms with Gasteiger partial charge in [-0.1, -0.05) is 26.0 Å². The number of nitrogens with zero attached hydrogens (tertiary/aromatic N) is 3. The lowest BCUT2D eigenvalue weighted by Crippen LogP contribution is -2.40. The standard InChI is InChI=1S/C24H41N5O.HI/c1-19-15-20(2)18-29(17-19)14-7-6-12-26-24(25-3)27-13-11-21-9-8-10-22(16-21)23(30)28(4)5;/h8-10,16,19-20H,6-7,11-15,17-18H2,1-5H3,(H2,25,26,27);1H. The van der Waals surface area contributed by atoms with Crippen molar-refractivity contribution in [3.63, 3.8) is 0 Å². The van der Waals surface area contributed by atoms with Crippen LogP contribution in [-0.2, 0) is 6.42 Å². The van der Waals surface area contributed by atoms with Crippen LogP contribution in [0.15, 0.2) is 29.3 Å². The van der Waals surface area contributed by atoms with E-state index in [0.717, 1.165) is 54.9 Å². The molecule has 1 heterocycles. The number of hydrogen-bond acceptors (Lipinski definition) is 3. The van der Waals surface area contributed by atoms with Crippen LogP contribution in [0, 0.1) is 11.8 Å². The van der Waals surface area contributed by atoms with E-state index in [1.165, 1.54) is 32.5 Å². The van der Waals surface area contributed by atoms with Gasteiger partial charge in [0, 0.05) is 52.9 Å². The van der Waals surface area contributed by atoms with E-state index >= 15 is 0 Å². The van der Waals surface area contributed by atoms with Crippen molar-refractivity contribution in [1.29, 1.82) is 0 Å². The van der Waals surface area contributed by atoms with Crippen molar-refractivity contribution in [3.05, 3.63) is 35.4 Å². The fourth-order valence-corrected chi connectivity index (χ4v) is 4.31. The Bertz CT molecular complexity index is 684. The van der Waals surface area contributed by atoms with E-state index in [0.29, 0.717) is 0 Å². The van der Waals surface area contributed by atoms with Gasteiger partial charge in [0.05, 0.1) is 0 Å². The number of aliphatic imine (C=N–C) groups is 1. The molecule has 176 valence electrons. The van der Waals surface area contributed by atoms with E-state index in [4.69, 9.17) is 0 Å². The van der Waals surface area contributed by atoms with Gasteiger partial charge in [0.15, 0.2) is 5.96 Å². The summed E-state index contributed by atoms with van der Waals surface area (Å²) in [4.78, 5) is 20.7. The summed E-state index contributed by atoms with van der Waals surface area (Å²) in [6, 6.07) is 7.85. The van der Waals surface area contributed by atoms with Gasteiger partial charge in [0.2, 0.25) is 0 Å². The van der Waals surface area contributed by atoms with Gasteiger partial charge in [-0.25, -0.2) is 0 Å². The number of halogens is 1. The zero-order valence-electron chi connectivity index (χ0n) is 20.0. The fraction of sp³-hybridized carbons (Fsp3) is 0.667. The van der Waals surface area contributed by atoms with Crippen molar-refractivity contribution < 1.29 is 4.79 Å². The highest BCUT2D eigenvalue weighted by molar-refractivity contribution is 14.0. The molecule has 2 N–H and O–H groups in total. The summed E-state index contributed by atoms with van der Waals surface area (Å²) >= 11 is 0. The summed E-state index contributed by atoms with van der Waals surface area (Å²) in [6.07, 6.45) is 4.58. The molecule has 31 heavy (non-hydrogen) atoms. The quantitative estimate of drug-likeness (QED) is 0.217. The molecule has 1 saturated heterocycles. The van der Waals surface area contributed by atoms with Gasteiger partial charge in [-0.05, 0) is 61.8 Å². The van der Waals surface area contributed by atoms with Crippen molar-refractivity contribution in [3.8, 4) is 0 Å². The minimum atomic E-state index is 0. The van der Waals surface area contributed by atoms with Gasteiger partial charge in [0.1, 0.15) is 0 Å². The van der Waals surface area contributed by atoms with Gasteiger partial charge >= 0.3 is 0 Å². The van der Waals surface area contributed by atoms with Crippen LogP contribution in [0.4, 0.5) is 0 Å². The molecular formula is C24H42IN5O. The number of carbonyl (C=O) groups excluding carboxylic acids is 1. The lowest BCUT2D eigenvalue weighted by atomic mass is 9.92. The number of piperidine rings is 1. The number of hydrogen-bond donors (Lipinski definition) is 2. The molecule has 7 heteroatoms. The second-order valence-corrected chi connectivity index (χ2v) is 8.99. The maximum Gasteiger partial charge on any atom is 0.253 e. The first-order valence-corrected chi connectivity index (χ1v) is 11.4. The summed E-state index contributed by atoms with van der Waals surface area (Å²) in [5.74, 6) is 2.54. The number of carbonyl (C=O) groups is 1. The Morgan fingerprint density at radius 3 is 2.45 bits per heavy atom. The maximum atomic E-state index is 12.1. The molecule has 2 unspecified atom stereocenters. The first-order chi connectivity index (χ1) is 14.4. The number of benzene rings is 1. The van der Waals surface area contributed by atoms with Crippen LogP contribution < -0.4 is 10.6 Å². The summed E-state index contributed by atoms with van der Waals surface area (Å²) in [7, 11) is 5.36. The van der Waals surface area contributed by atoms with Crippen LogP contribution in [0.25, 0.3) is 0 Å². The van der Waals surface area contributed by atoms with E-state index in [2.05, 4.69) is 40.4 Å². The average molecular weight is 544 g/mol. The van der Waals surface area contributed by atoms with Gasteiger partial charge in [-0.2, -0.15) is 0 Å². The van der Waals surface area contributed by atoms with E-state index in [1.54, 1.807) is 19.0 Å². The van der Waals surface area contributed by atoms with Crippen molar-refractivity contribution >= 4 is 35.8 Å². The van der Waals surface area contributed by atoms with E-state index < -0.39 is 0 Å². The normalized spacial score (nSPS) is 19.5. The third-order valence-electron chi connectivity index (χ3n) is 5.65. The Kier molecular flexibility index (Phi) is 13.1. The Hall–Kier alpha value is -1.35. The second kappa shape index (κ2) is 14.7. The monoisotopic (exact) mass is 543 g/mol. The average Bonchev–Trinajstić information content (AvgIpc) is 2.71. The highest BCUT2D eigenvalue weighted by Gasteiger charge is 2.20. The van der Waals surface area contributed by atoms with E-state index in [9.17, 15) is 4.79 Å². The predicted octanol–water partition coefficient (Wildman–Crippen LogP) is 3.47. The van der Waals surface area contributed by atoms with Crippen molar-refractivity contribution in [2.24, 2.45) is 16.8 Å². The van der Waals surface area contributed by atoms with Gasteiger partial charge in [-0.15, -0.1) is 24.0 Å². The minimum Gasteiger partial charge on any atom is -0.356 e. The molecule has 1 aliphatic rings. The SMILES string of the molecule is CN=C(NCCCCN1CC(C)CC(C)C1)NCCc1cccc(C(=O)N(C)C)c1.I. The summed E-state index contributed by atoms with van der Waals surface area (Å²) in [6.45, 7) is 10.2. The second-order valence-electron chi connectivity index (χ2n) is 8.99. The molecule has 1 amide bonds. The van der Waals surface area contributed by atoms with Crippen molar-refractivity contribution in [2.45, 2.75) is 39.5 Å². The first-order valence-electron chi connectivity index (χ1n) is 11.4. The summed E-state index contributed by atoms with van der Waals surface area (Å²) in [5, 5.41) is 6.79. The van der Waals surface area contributed by atoms with E-state index in [1.807, 2.05) is 25.2 Å². The van der Waals surface area contributed by atoms with Crippen LogP contribution in [0.2, 0.25) is 0 Å². The van der Waals surface area contributed by atoms with Crippen LogP contribution in [0.1, 0.15) is 49.0 Å². The molecular weight excluding hydrogens is 501 g/mol. The molecule has 1 aliphatic heterocycles. The lowest BCUT2D eigenvalue weighted by molar-refractivity contribution is 0.0827. The Morgan fingerprint density at radius 2 is 1.81 bits per heavy atom. The van der Waals surface area contributed by atoms with E-state index in [-0.39, 0.29) is 29.9 Å². The third kappa shape index (κ3) is 10.2. The molecule has 2 rings (SSSR count). The Balaban J connectivity index is 0.00000480. The Morgan fingerprint density at radius 1 is 1.13 bits per heavy atom.